The molecule has 0 spiro atoms. The van der Waals surface area contributed by atoms with Crippen LogP contribution in [0.25, 0.3) is 0 Å². The molecule has 3 heteroatoms. The number of nitrogens with one attached hydrogen (secondary N) is 1. The van der Waals surface area contributed by atoms with Gasteiger partial charge in [-0.1, -0.05) is 6.07 Å². The first kappa shape index (κ1) is 13.4. The first-order chi connectivity index (χ1) is 8.61. The zero-order valence-corrected chi connectivity index (χ0v) is 11.4. The smallest absolute Gasteiger partial charge is 0.121 e. The number of fused-ring (bicyclic) bond motifs is 1. The molecule has 3 nitrogen and oxygen atoms in total. The Morgan fingerprint density at radius 3 is 2.83 bits per heavy atom. The third-order valence-corrected chi connectivity index (χ3v) is 3.78. The van der Waals surface area contributed by atoms with Crippen LogP contribution in [-0.2, 0) is 6.42 Å². The third-order valence-electron chi connectivity index (χ3n) is 3.78. The van der Waals surface area contributed by atoms with Crippen molar-refractivity contribution >= 4 is 0 Å². The number of rotatable bonds is 4. The summed E-state index contributed by atoms with van der Waals surface area (Å²) in [5.41, 5.74) is 2.76. The Hall–Kier alpha value is -1.06. The van der Waals surface area contributed by atoms with Crippen LogP contribution in [0, 0.1) is 0 Å². The van der Waals surface area contributed by atoms with E-state index in [-0.39, 0.29) is 6.10 Å². The normalized spacial score (nSPS) is 22.1. The Labute approximate surface area is 109 Å². The van der Waals surface area contributed by atoms with Gasteiger partial charge in [-0.05, 0) is 63.4 Å². The van der Waals surface area contributed by atoms with Crippen molar-refractivity contribution in [3.63, 3.8) is 0 Å². The highest BCUT2D eigenvalue weighted by Gasteiger charge is 2.19. The van der Waals surface area contributed by atoms with Crippen molar-refractivity contribution in [3.05, 3.63) is 29.3 Å². The van der Waals surface area contributed by atoms with Gasteiger partial charge in [0.25, 0.3) is 0 Å². The Morgan fingerprint density at radius 1 is 1.39 bits per heavy atom. The second-order valence-electron chi connectivity index (χ2n) is 5.16. The summed E-state index contributed by atoms with van der Waals surface area (Å²) in [5.74, 6) is 0.860. The summed E-state index contributed by atoms with van der Waals surface area (Å²) in [6.07, 6.45) is 2.91. The topological polar surface area (TPSA) is 41.5 Å². The zero-order chi connectivity index (χ0) is 13.1. The van der Waals surface area contributed by atoms with Crippen LogP contribution in [-0.4, -0.2) is 24.4 Å². The van der Waals surface area contributed by atoms with Crippen LogP contribution in [0.1, 0.15) is 43.9 Å². The van der Waals surface area contributed by atoms with Gasteiger partial charge in [0, 0.05) is 6.04 Å². The molecule has 0 amide bonds. The number of benzene rings is 1. The summed E-state index contributed by atoms with van der Waals surface area (Å²) in [7, 11) is 2.01. The molecular formula is C15H23NO2. The fourth-order valence-corrected chi connectivity index (χ4v) is 2.48. The van der Waals surface area contributed by atoms with Crippen LogP contribution in [0.5, 0.6) is 5.75 Å². The van der Waals surface area contributed by atoms with Gasteiger partial charge in [0.2, 0.25) is 0 Å². The maximum atomic E-state index is 9.47. The SMILES string of the molecule is CNC1CCCc2cc(OC(C)C(C)O)ccc21. The lowest BCUT2D eigenvalue weighted by molar-refractivity contribution is 0.0603. The van der Waals surface area contributed by atoms with Crippen molar-refractivity contribution in [3.8, 4) is 5.75 Å². The number of aliphatic hydroxyl groups excluding tert-OH is 1. The molecule has 100 valence electrons. The molecule has 0 saturated heterocycles. The maximum Gasteiger partial charge on any atom is 0.121 e. The molecule has 18 heavy (non-hydrogen) atoms. The molecule has 0 radical (unpaired) electrons. The molecule has 3 atom stereocenters. The van der Waals surface area contributed by atoms with E-state index in [1.807, 2.05) is 20.0 Å². The van der Waals surface area contributed by atoms with Gasteiger partial charge < -0.3 is 15.2 Å². The minimum Gasteiger partial charge on any atom is -0.488 e. The van der Waals surface area contributed by atoms with Gasteiger partial charge >= 0.3 is 0 Å². The molecule has 0 saturated carbocycles. The Balaban J connectivity index is 2.17. The predicted molar refractivity (Wildman–Crippen MR) is 73.0 cm³/mol. The molecule has 1 aliphatic rings. The Bertz CT molecular complexity index is 403. The summed E-state index contributed by atoms with van der Waals surface area (Å²) in [5, 5.41) is 12.8. The quantitative estimate of drug-likeness (QED) is 0.861. The van der Waals surface area contributed by atoms with Gasteiger partial charge in [0.15, 0.2) is 0 Å². The lowest BCUT2D eigenvalue weighted by Crippen LogP contribution is -2.26. The van der Waals surface area contributed by atoms with E-state index in [4.69, 9.17) is 4.74 Å². The van der Waals surface area contributed by atoms with E-state index >= 15 is 0 Å². The highest BCUT2D eigenvalue weighted by molar-refractivity contribution is 5.39. The van der Waals surface area contributed by atoms with Crippen LogP contribution < -0.4 is 10.1 Å². The molecule has 0 aromatic heterocycles. The van der Waals surface area contributed by atoms with E-state index in [2.05, 4.69) is 17.4 Å². The van der Waals surface area contributed by atoms with E-state index in [1.165, 1.54) is 24.0 Å². The Kier molecular flexibility index (Phi) is 4.25. The van der Waals surface area contributed by atoms with Crippen LogP contribution >= 0.6 is 0 Å². The van der Waals surface area contributed by atoms with E-state index in [0.717, 1.165) is 12.2 Å². The predicted octanol–water partition coefficient (Wildman–Crippen LogP) is 2.43. The average molecular weight is 249 g/mol. The van der Waals surface area contributed by atoms with Crippen LogP contribution in [0.15, 0.2) is 18.2 Å². The monoisotopic (exact) mass is 249 g/mol. The minimum atomic E-state index is -0.453. The molecule has 0 heterocycles. The summed E-state index contributed by atoms with van der Waals surface area (Å²) in [6, 6.07) is 6.75. The lowest BCUT2D eigenvalue weighted by Gasteiger charge is -2.26. The maximum absolute atomic E-state index is 9.47. The average Bonchev–Trinajstić information content (AvgIpc) is 2.37. The minimum absolute atomic E-state index is 0.174. The van der Waals surface area contributed by atoms with Gasteiger partial charge in [-0.2, -0.15) is 0 Å². The lowest BCUT2D eigenvalue weighted by atomic mass is 9.87. The summed E-state index contributed by atoms with van der Waals surface area (Å²) < 4.78 is 5.74. The van der Waals surface area contributed by atoms with Gasteiger partial charge in [-0.25, -0.2) is 0 Å². The second kappa shape index (κ2) is 5.72. The van der Waals surface area contributed by atoms with Gasteiger partial charge in [0.05, 0.1) is 6.10 Å². The molecule has 0 bridgehead atoms. The van der Waals surface area contributed by atoms with E-state index in [9.17, 15) is 5.11 Å². The summed E-state index contributed by atoms with van der Waals surface area (Å²) in [4.78, 5) is 0. The van der Waals surface area contributed by atoms with E-state index in [1.54, 1.807) is 6.92 Å². The molecule has 3 unspecified atom stereocenters. The van der Waals surface area contributed by atoms with Crippen LogP contribution in [0.3, 0.4) is 0 Å². The number of hydrogen-bond donors (Lipinski definition) is 2. The first-order valence-corrected chi connectivity index (χ1v) is 6.76. The first-order valence-electron chi connectivity index (χ1n) is 6.76. The van der Waals surface area contributed by atoms with Crippen molar-refractivity contribution in [2.45, 2.75) is 51.4 Å². The van der Waals surface area contributed by atoms with Crippen molar-refractivity contribution in [2.75, 3.05) is 7.05 Å². The van der Waals surface area contributed by atoms with E-state index in [0.29, 0.717) is 6.04 Å². The fourth-order valence-electron chi connectivity index (χ4n) is 2.48. The second-order valence-corrected chi connectivity index (χ2v) is 5.16. The van der Waals surface area contributed by atoms with Crippen molar-refractivity contribution in [1.29, 1.82) is 0 Å². The number of aryl methyl sites for hydroxylation is 1. The standard InChI is InChI=1S/C15H23NO2/c1-10(17)11(2)18-13-7-8-14-12(9-13)5-4-6-15(14)16-3/h7-11,15-17H,4-6H2,1-3H3. The molecule has 1 aromatic carbocycles. The number of aliphatic hydroxyl groups is 1. The van der Waals surface area contributed by atoms with Gasteiger partial charge in [-0.3, -0.25) is 0 Å². The zero-order valence-electron chi connectivity index (χ0n) is 11.4. The molecule has 1 aromatic rings. The van der Waals surface area contributed by atoms with E-state index < -0.39 is 6.10 Å². The van der Waals surface area contributed by atoms with Crippen molar-refractivity contribution in [2.24, 2.45) is 0 Å². The molecule has 0 aliphatic heterocycles. The van der Waals surface area contributed by atoms with Crippen LogP contribution in [0.2, 0.25) is 0 Å². The number of hydrogen-bond acceptors (Lipinski definition) is 3. The largest absolute Gasteiger partial charge is 0.488 e. The molecule has 2 rings (SSSR count). The summed E-state index contributed by atoms with van der Waals surface area (Å²) >= 11 is 0. The third kappa shape index (κ3) is 2.85. The van der Waals surface area contributed by atoms with Crippen LogP contribution in [0.4, 0.5) is 0 Å². The molecular weight excluding hydrogens is 226 g/mol. The highest BCUT2D eigenvalue weighted by Crippen LogP contribution is 2.32. The van der Waals surface area contributed by atoms with Crippen molar-refractivity contribution in [1.82, 2.24) is 5.32 Å². The van der Waals surface area contributed by atoms with Gasteiger partial charge in [0.1, 0.15) is 11.9 Å². The van der Waals surface area contributed by atoms with Crippen molar-refractivity contribution < 1.29 is 9.84 Å². The summed E-state index contributed by atoms with van der Waals surface area (Å²) in [6.45, 7) is 3.64. The Morgan fingerprint density at radius 2 is 2.17 bits per heavy atom. The number of ether oxygens (including phenoxy) is 1. The molecule has 1 aliphatic carbocycles. The molecule has 0 fully saturated rings. The fraction of sp³-hybridized carbons (Fsp3) is 0.600. The molecule has 2 N–H and O–H groups in total. The highest BCUT2D eigenvalue weighted by atomic mass is 16.5. The van der Waals surface area contributed by atoms with Gasteiger partial charge in [-0.15, -0.1) is 0 Å².